The molecule has 17 heavy (non-hydrogen) atoms. The number of halogens is 1. The third kappa shape index (κ3) is 5.89. The van der Waals surface area contributed by atoms with E-state index < -0.39 is 0 Å². The number of hydrogen-bond acceptors (Lipinski definition) is 3. The van der Waals surface area contributed by atoms with E-state index in [2.05, 4.69) is 5.32 Å². The second kappa shape index (κ2) is 8.31. The molecule has 1 rings (SSSR count). The predicted molar refractivity (Wildman–Crippen MR) is 69.0 cm³/mol. The second-order valence-electron chi connectivity index (χ2n) is 4.24. The van der Waals surface area contributed by atoms with Gasteiger partial charge in [0, 0.05) is 38.5 Å². The zero-order chi connectivity index (χ0) is 12.0. The summed E-state index contributed by atoms with van der Waals surface area (Å²) in [6.07, 6.45) is 2.36. The minimum Gasteiger partial charge on any atom is -0.356 e. The zero-order valence-electron chi connectivity index (χ0n) is 10.3. The lowest BCUT2D eigenvalue weighted by molar-refractivity contribution is -0.132. The lowest BCUT2D eigenvalue weighted by Gasteiger charge is -2.15. The zero-order valence-corrected chi connectivity index (χ0v) is 11.1. The molecule has 1 fully saturated rings. The van der Waals surface area contributed by atoms with Gasteiger partial charge in [0.05, 0.1) is 0 Å². The molecule has 0 spiro atoms. The lowest BCUT2D eigenvalue weighted by atomic mass is 10.2. The van der Waals surface area contributed by atoms with Crippen LogP contribution in [-0.4, -0.2) is 42.4 Å². The van der Waals surface area contributed by atoms with Gasteiger partial charge in [-0.2, -0.15) is 0 Å². The monoisotopic (exact) mass is 263 g/mol. The van der Waals surface area contributed by atoms with Gasteiger partial charge in [0.25, 0.3) is 0 Å². The van der Waals surface area contributed by atoms with Crippen LogP contribution >= 0.6 is 12.4 Å². The van der Waals surface area contributed by atoms with Crippen molar-refractivity contribution in [3.05, 3.63) is 0 Å². The molecule has 6 heteroatoms. The molecule has 2 amide bonds. The number of amides is 2. The van der Waals surface area contributed by atoms with Gasteiger partial charge in [-0.15, -0.1) is 12.4 Å². The summed E-state index contributed by atoms with van der Waals surface area (Å²) in [5.41, 5.74) is 5.71. The van der Waals surface area contributed by atoms with Crippen LogP contribution in [0.2, 0.25) is 0 Å². The van der Waals surface area contributed by atoms with Gasteiger partial charge >= 0.3 is 0 Å². The Morgan fingerprint density at radius 3 is 2.65 bits per heavy atom. The Hall–Kier alpha value is -0.810. The molecule has 0 aromatic rings. The standard InChI is InChI=1S/C11H21N3O2.ClH/c1-2-6-13-10(15)3-4-11(16)14-7-5-9(12)8-14;/h9H,2-8,12H2,1H3,(H,13,15);1H/t9-;/m1./s1. The molecule has 0 unspecified atom stereocenters. The molecule has 1 saturated heterocycles. The number of nitrogens with one attached hydrogen (secondary N) is 1. The SMILES string of the molecule is CCCNC(=O)CCC(=O)N1CC[C@@H](N)C1.Cl. The molecule has 100 valence electrons. The van der Waals surface area contributed by atoms with E-state index in [-0.39, 0.29) is 36.7 Å². The van der Waals surface area contributed by atoms with Crippen molar-refractivity contribution >= 4 is 24.2 Å². The minimum atomic E-state index is -0.0429. The molecule has 0 aromatic carbocycles. The highest BCUT2D eigenvalue weighted by atomic mass is 35.5. The van der Waals surface area contributed by atoms with Crippen LogP contribution in [0.3, 0.4) is 0 Å². The lowest BCUT2D eigenvalue weighted by Crippen LogP contribution is -2.33. The van der Waals surface area contributed by atoms with Crippen molar-refractivity contribution in [3.63, 3.8) is 0 Å². The fourth-order valence-electron chi connectivity index (χ4n) is 1.75. The van der Waals surface area contributed by atoms with Gasteiger partial charge in [-0.05, 0) is 12.8 Å². The highest BCUT2D eigenvalue weighted by Gasteiger charge is 2.23. The molecule has 0 saturated carbocycles. The number of carbonyl (C=O) groups excluding carboxylic acids is 2. The van der Waals surface area contributed by atoms with Gasteiger partial charge in [-0.1, -0.05) is 6.92 Å². The fourth-order valence-corrected chi connectivity index (χ4v) is 1.75. The molecule has 5 nitrogen and oxygen atoms in total. The largest absolute Gasteiger partial charge is 0.356 e. The quantitative estimate of drug-likeness (QED) is 0.748. The van der Waals surface area contributed by atoms with Gasteiger partial charge in [0.1, 0.15) is 0 Å². The van der Waals surface area contributed by atoms with Gasteiger partial charge in [-0.25, -0.2) is 0 Å². The smallest absolute Gasteiger partial charge is 0.223 e. The summed E-state index contributed by atoms with van der Waals surface area (Å²) in [4.78, 5) is 24.7. The number of nitrogens with two attached hydrogens (primary N) is 1. The second-order valence-corrected chi connectivity index (χ2v) is 4.24. The number of rotatable bonds is 5. The van der Waals surface area contributed by atoms with E-state index >= 15 is 0 Å². The van der Waals surface area contributed by atoms with Gasteiger partial charge in [0.2, 0.25) is 11.8 Å². The normalized spacial score (nSPS) is 18.7. The summed E-state index contributed by atoms with van der Waals surface area (Å²) in [6, 6.07) is 0.109. The minimum absolute atomic E-state index is 0. The van der Waals surface area contributed by atoms with Crippen LogP contribution in [-0.2, 0) is 9.59 Å². The topological polar surface area (TPSA) is 75.4 Å². The number of carbonyl (C=O) groups is 2. The number of likely N-dealkylation sites (tertiary alicyclic amines) is 1. The van der Waals surface area contributed by atoms with Crippen molar-refractivity contribution in [1.82, 2.24) is 10.2 Å². The van der Waals surface area contributed by atoms with Crippen molar-refractivity contribution in [3.8, 4) is 0 Å². The molecule has 0 aliphatic carbocycles. The Kier molecular flexibility index (Phi) is 7.91. The average Bonchev–Trinajstić information content (AvgIpc) is 2.69. The van der Waals surface area contributed by atoms with Crippen LogP contribution in [0.25, 0.3) is 0 Å². The molecule has 1 aliphatic rings. The van der Waals surface area contributed by atoms with Gasteiger partial charge in [-0.3, -0.25) is 9.59 Å². The third-order valence-corrected chi connectivity index (χ3v) is 2.72. The maximum Gasteiger partial charge on any atom is 0.223 e. The van der Waals surface area contributed by atoms with Gasteiger partial charge < -0.3 is 16.0 Å². The van der Waals surface area contributed by atoms with E-state index in [9.17, 15) is 9.59 Å². The van der Waals surface area contributed by atoms with Gasteiger partial charge in [0.15, 0.2) is 0 Å². The predicted octanol–water partition coefficient (Wildman–Crippen LogP) is 0.274. The summed E-state index contributed by atoms with van der Waals surface area (Å²) >= 11 is 0. The highest BCUT2D eigenvalue weighted by Crippen LogP contribution is 2.09. The Labute approximate surface area is 109 Å². The van der Waals surface area contributed by atoms with Crippen LogP contribution in [0.15, 0.2) is 0 Å². The van der Waals surface area contributed by atoms with Crippen molar-refractivity contribution in [2.24, 2.45) is 5.73 Å². The Morgan fingerprint density at radius 2 is 2.12 bits per heavy atom. The molecular formula is C11H22ClN3O2. The Bertz CT molecular complexity index is 261. The molecular weight excluding hydrogens is 242 g/mol. The molecule has 0 bridgehead atoms. The first-order chi connectivity index (χ1) is 7.63. The maximum absolute atomic E-state index is 11.7. The fraction of sp³-hybridized carbons (Fsp3) is 0.818. The number of hydrogen-bond donors (Lipinski definition) is 2. The molecule has 3 N–H and O–H groups in total. The summed E-state index contributed by atoms with van der Waals surface area (Å²) < 4.78 is 0. The van der Waals surface area contributed by atoms with E-state index in [1.807, 2.05) is 6.92 Å². The van der Waals surface area contributed by atoms with E-state index in [1.54, 1.807) is 4.90 Å². The van der Waals surface area contributed by atoms with Crippen LogP contribution < -0.4 is 11.1 Å². The summed E-state index contributed by atoms with van der Waals surface area (Å²) in [6.45, 7) is 4.05. The molecule has 0 aromatic heterocycles. The summed E-state index contributed by atoms with van der Waals surface area (Å²) in [5, 5.41) is 2.75. The van der Waals surface area contributed by atoms with E-state index in [0.29, 0.717) is 19.5 Å². The summed E-state index contributed by atoms with van der Waals surface area (Å²) in [7, 11) is 0. The first kappa shape index (κ1) is 16.2. The van der Waals surface area contributed by atoms with Crippen LogP contribution in [0.1, 0.15) is 32.6 Å². The average molecular weight is 264 g/mol. The van der Waals surface area contributed by atoms with Crippen molar-refractivity contribution < 1.29 is 9.59 Å². The third-order valence-electron chi connectivity index (χ3n) is 2.72. The first-order valence-corrected chi connectivity index (χ1v) is 5.93. The van der Waals surface area contributed by atoms with Crippen molar-refractivity contribution in [1.29, 1.82) is 0 Å². The summed E-state index contributed by atoms with van der Waals surface area (Å²) in [5.74, 6) is -0.00158. The first-order valence-electron chi connectivity index (χ1n) is 5.93. The van der Waals surface area contributed by atoms with Crippen molar-refractivity contribution in [2.45, 2.75) is 38.6 Å². The van der Waals surface area contributed by atoms with E-state index in [4.69, 9.17) is 5.73 Å². The number of nitrogens with zero attached hydrogens (tertiary/aromatic N) is 1. The van der Waals surface area contributed by atoms with E-state index in [0.717, 1.165) is 19.4 Å². The van der Waals surface area contributed by atoms with Crippen molar-refractivity contribution in [2.75, 3.05) is 19.6 Å². The maximum atomic E-state index is 11.7. The Morgan fingerprint density at radius 1 is 1.41 bits per heavy atom. The Balaban J connectivity index is 0.00000256. The van der Waals surface area contributed by atoms with Crippen LogP contribution in [0.4, 0.5) is 0 Å². The molecule has 0 radical (unpaired) electrons. The van der Waals surface area contributed by atoms with Crippen LogP contribution in [0.5, 0.6) is 0 Å². The van der Waals surface area contributed by atoms with E-state index in [1.165, 1.54) is 0 Å². The highest BCUT2D eigenvalue weighted by molar-refractivity contribution is 5.85. The van der Waals surface area contributed by atoms with Crippen LogP contribution in [0, 0.1) is 0 Å². The molecule has 1 aliphatic heterocycles. The molecule has 1 heterocycles. The molecule has 1 atom stereocenters.